The number of nitrogens with zero attached hydrogens (tertiary/aromatic N) is 1. The summed E-state index contributed by atoms with van der Waals surface area (Å²) in [7, 11) is 3.14. The third kappa shape index (κ3) is 3.88. The Hall–Kier alpha value is -4.06. The molecule has 1 aliphatic rings. The Bertz CT molecular complexity index is 1160. The van der Waals surface area contributed by atoms with Crippen LogP contribution in [0.4, 0.5) is 11.4 Å². The van der Waals surface area contributed by atoms with Crippen LogP contribution < -0.4 is 19.7 Å². The fourth-order valence-corrected chi connectivity index (χ4v) is 3.44. The van der Waals surface area contributed by atoms with E-state index in [9.17, 15) is 9.59 Å². The maximum Gasteiger partial charge on any atom is 0.282 e. The van der Waals surface area contributed by atoms with Gasteiger partial charge in [0.25, 0.3) is 11.8 Å². The summed E-state index contributed by atoms with van der Waals surface area (Å²) in [5.41, 5.74) is 3.40. The number of benzene rings is 3. The third-order valence-electron chi connectivity index (χ3n) is 5.09. The van der Waals surface area contributed by atoms with Crippen LogP contribution in [0.3, 0.4) is 0 Å². The van der Waals surface area contributed by atoms with Gasteiger partial charge in [-0.3, -0.25) is 9.59 Å². The molecule has 0 bridgehead atoms. The molecule has 1 heterocycles. The van der Waals surface area contributed by atoms with Crippen LogP contribution in [0.5, 0.6) is 11.5 Å². The number of hydrogen-bond donors (Lipinski definition) is 1. The van der Waals surface area contributed by atoms with Crippen LogP contribution in [0, 0.1) is 6.92 Å². The molecule has 156 valence electrons. The molecule has 3 aromatic rings. The number of carbonyl (C=O) groups is 2. The maximum absolute atomic E-state index is 13.4. The van der Waals surface area contributed by atoms with Crippen LogP contribution >= 0.6 is 0 Å². The first-order valence-electron chi connectivity index (χ1n) is 9.77. The van der Waals surface area contributed by atoms with E-state index in [4.69, 9.17) is 9.47 Å². The van der Waals surface area contributed by atoms with Crippen molar-refractivity contribution in [1.29, 1.82) is 0 Å². The quantitative estimate of drug-likeness (QED) is 0.605. The molecule has 31 heavy (non-hydrogen) atoms. The fourth-order valence-electron chi connectivity index (χ4n) is 3.44. The number of nitrogens with one attached hydrogen (secondary N) is 1. The molecule has 1 N–H and O–H groups in total. The summed E-state index contributed by atoms with van der Waals surface area (Å²) in [6.45, 7) is 1.97. The molecular weight excluding hydrogens is 392 g/mol. The Balaban J connectivity index is 1.79. The molecule has 0 saturated heterocycles. The van der Waals surface area contributed by atoms with E-state index in [0.29, 0.717) is 34.0 Å². The van der Waals surface area contributed by atoms with Gasteiger partial charge in [-0.2, -0.15) is 0 Å². The summed E-state index contributed by atoms with van der Waals surface area (Å²) in [5, 5.41) is 3.14. The lowest BCUT2D eigenvalue weighted by Crippen LogP contribution is -2.32. The van der Waals surface area contributed by atoms with Crippen molar-refractivity contribution in [2.24, 2.45) is 0 Å². The molecule has 0 fully saturated rings. The van der Waals surface area contributed by atoms with Gasteiger partial charge in [0.2, 0.25) is 0 Å². The summed E-state index contributed by atoms with van der Waals surface area (Å²) in [5.74, 6) is 0.480. The number of hydrogen-bond acceptors (Lipinski definition) is 5. The highest BCUT2D eigenvalue weighted by Gasteiger charge is 2.40. The zero-order valence-electron chi connectivity index (χ0n) is 17.5. The molecule has 4 rings (SSSR count). The SMILES string of the molecule is COc1ccc(N2C(=O)C(Nc3cccc(OC)c3)=C(c3ccc(C)cc3)C2=O)cc1. The van der Waals surface area contributed by atoms with Gasteiger partial charge < -0.3 is 14.8 Å². The second-order valence-electron chi connectivity index (χ2n) is 7.12. The first kappa shape index (κ1) is 20.2. The molecule has 0 unspecified atom stereocenters. The summed E-state index contributed by atoms with van der Waals surface area (Å²) >= 11 is 0. The molecule has 0 radical (unpaired) electrons. The number of imide groups is 1. The highest BCUT2D eigenvalue weighted by atomic mass is 16.5. The van der Waals surface area contributed by atoms with Gasteiger partial charge in [-0.15, -0.1) is 0 Å². The Kier molecular flexibility index (Phi) is 5.45. The lowest BCUT2D eigenvalue weighted by atomic mass is 10.0. The van der Waals surface area contributed by atoms with Crippen molar-refractivity contribution < 1.29 is 19.1 Å². The number of amides is 2. The van der Waals surface area contributed by atoms with E-state index >= 15 is 0 Å². The first-order valence-corrected chi connectivity index (χ1v) is 9.77. The van der Waals surface area contributed by atoms with Gasteiger partial charge >= 0.3 is 0 Å². The van der Waals surface area contributed by atoms with Crippen LogP contribution in [-0.4, -0.2) is 26.0 Å². The summed E-state index contributed by atoms with van der Waals surface area (Å²) < 4.78 is 10.5. The number of aryl methyl sites for hydroxylation is 1. The highest BCUT2D eigenvalue weighted by Crippen LogP contribution is 2.34. The fraction of sp³-hybridized carbons (Fsp3) is 0.120. The molecule has 2 amide bonds. The van der Waals surface area contributed by atoms with E-state index in [2.05, 4.69) is 5.32 Å². The minimum Gasteiger partial charge on any atom is -0.497 e. The van der Waals surface area contributed by atoms with E-state index in [1.165, 1.54) is 4.90 Å². The first-order chi connectivity index (χ1) is 15.0. The van der Waals surface area contributed by atoms with Gasteiger partial charge in [-0.05, 0) is 48.9 Å². The standard InChI is InChI=1S/C25H22N2O4/c1-16-7-9-17(10-8-16)22-23(26-18-5-4-6-21(15-18)31-3)25(29)27(24(22)28)19-11-13-20(30-2)14-12-19/h4-15,26H,1-3H3. The number of rotatable bonds is 6. The Labute approximate surface area is 180 Å². The van der Waals surface area contributed by atoms with Crippen LogP contribution in [0.2, 0.25) is 0 Å². The van der Waals surface area contributed by atoms with Gasteiger partial charge in [0.05, 0.1) is 25.5 Å². The molecule has 0 atom stereocenters. The van der Waals surface area contributed by atoms with E-state index in [1.807, 2.05) is 49.4 Å². The van der Waals surface area contributed by atoms with E-state index < -0.39 is 5.91 Å². The predicted octanol–water partition coefficient (Wildman–Crippen LogP) is 4.41. The summed E-state index contributed by atoms with van der Waals surface area (Å²) in [4.78, 5) is 28.0. The lowest BCUT2D eigenvalue weighted by Gasteiger charge is -2.16. The van der Waals surface area contributed by atoms with Crippen LogP contribution in [0.1, 0.15) is 11.1 Å². The van der Waals surface area contributed by atoms with Gasteiger partial charge in [0, 0.05) is 11.8 Å². The van der Waals surface area contributed by atoms with Gasteiger partial charge in [0.15, 0.2) is 0 Å². The summed E-state index contributed by atoms with van der Waals surface area (Å²) in [6.07, 6.45) is 0. The zero-order chi connectivity index (χ0) is 22.0. The predicted molar refractivity (Wildman–Crippen MR) is 120 cm³/mol. The van der Waals surface area contributed by atoms with E-state index in [0.717, 1.165) is 5.56 Å². The number of anilines is 2. The van der Waals surface area contributed by atoms with E-state index in [-0.39, 0.29) is 11.6 Å². The van der Waals surface area contributed by atoms with Crippen LogP contribution in [0.15, 0.2) is 78.5 Å². The average molecular weight is 414 g/mol. The lowest BCUT2D eigenvalue weighted by molar-refractivity contribution is -0.120. The summed E-state index contributed by atoms with van der Waals surface area (Å²) in [6, 6.07) is 21.6. The van der Waals surface area contributed by atoms with Crippen molar-refractivity contribution in [2.75, 3.05) is 24.4 Å². The number of methoxy groups -OCH3 is 2. The smallest absolute Gasteiger partial charge is 0.282 e. The third-order valence-corrected chi connectivity index (χ3v) is 5.09. The molecule has 0 aliphatic carbocycles. The molecular formula is C25H22N2O4. The van der Waals surface area contributed by atoms with Crippen LogP contribution in [-0.2, 0) is 9.59 Å². The number of ether oxygens (including phenoxy) is 2. The van der Waals surface area contributed by atoms with Crippen molar-refractivity contribution in [3.05, 3.63) is 89.6 Å². The second-order valence-corrected chi connectivity index (χ2v) is 7.12. The Morgan fingerprint density at radius 2 is 1.45 bits per heavy atom. The molecule has 6 heteroatoms. The van der Waals surface area contributed by atoms with Gasteiger partial charge in [0.1, 0.15) is 17.2 Å². The van der Waals surface area contributed by atoms with Gasteiger partial charge in [-0.1, -0.05) is 35.9 Å². The molecule has 1 aliphatic heterocycles. The highest BCUT2D eigenvalue weighted by molar-refractivity contribution is 6.46. The molecule has 0 aromatic heterocycles. The minimum absolute atomic E-state index is 0.220. The minimum atomic E-state index is -0.423. The topological polar surface area (TPSA) is 67.9 Å². The normalized spacial score (nSPS) is 13.6. The number of carbonyl (C=O) groups excluding carboxylic acids is 2. The zero-order valence-corrected chi connectivity index (χ0v) is 17.5. The molecule has 6 nitrogen and oxygen atoms in total. The van der Waals surface area contributed by atoms with E-state index in [1.54, 1.807) is 44.6 Å². The van der Waals surface area contributed by atoms with Gasteiger partial charge in [-0.25, -0.2) is 4.90 Å². The molecule has 0 spiro atoms. The largest absolute Gasteiger partial charge is 0.497 e. The average Bonchev–Trinajstić information content (AvgIpc) is 3.04. The van der Waals surface area contributed by atoms with Crippen molar-refractivity contribution in [2.45, 2.75) is 6.92 Å². The molecule has 3 aromatic carbocycles. The maximum atomic E-state index is 13.4. The van der Waals surface area contributed by atoms with Crippen molar-refractivity contribution >= 4 is 28.8 Å². The second kappa shape index (κ2) is 8.36. The van der Waals surface area contributed by atoms with Crippen molar-refractivity contribution in [1.82, 2.24) is 0 Å². The van der Waals surface area contributed by atoms with Crippen molar-refractivity contribution in [3.8, 4) is 11.5 Å². The van der Waals surface area contributed by atoms with Crippen molar-refractivity contribution in [3.63, 3.8) is 0 Å². The Morgan fingerprint density at radius 1 is 0.774 bits per heavy atom. The molecule has 0 saturated carbocycles. The Morgan fingerprint density at radius 3 is 2.10 bits per heavy atom. The van der Waals surface area contributed by atoms with Crippen LogP contribution in [0.25, 0.3) is 5.57 Å². The monoisotopic (exact) mass is 414 g/mol.